The van der Waals surface area contributed by atoms with Crippen LogP contribution in [0.5, 0.6) is 0 Å². The Kier molecular flexibility index (Phi) is 2.87. The van der Waals surface area contributed by atoms with Crippen LogP contribution in [0.3, 0.4) is 0 Å². The van der Waals surface area contributed by atoms with E-state index in [2.05, 4.69) is 9.97 Å². The molecule has 0 saturated carbocycles. The quantitative estimate of drug-likeness (QED) is 0.844. The Morgan fingerprint density at radius 1 is 1.12 bits per heavy atom. The van der Waals surface area contributed by atoms with Gasteiger partial charge in [0, 0.05) is 17.8 Å². The summed E-state index contributed by atoms with van der Waals surface area (Å²) in [6.45, 7) is -0.243. The number of aliphatic hydroxyl groups excluding tert-OH is 1. The summed E-state index contributed by atoms with van der Waals surface area (Å²) in [5.74, 6) is -1.19. The van der Waals surface area contributed by atoms with Crippen LogP contribution in [-0.2, 0) is 6.61 Å². The van der Waals surface area contributed by atoms with E-state index in [0.717, 1.165) is 18.2 Å². The van der Waals surface area contributed by atoms with E-state index in [0.29, 0.717) is 5.69 Å². The average Bonchev–Trinajstić information content (AvgIpc) is 2.28. The molecule has 0 aliphatic rings. The first-order chi connectivity index (χ1) is 7.69. The van der Waals surface area contributed by atoms with Gasteiger partial charge in [0.05, 0.1) is 12.3 Å². The highest BCUT2D eigenvalue weighted by Crippen LogP contribution is 2.17. The van der Waals surface area contributed by atoms with Crippen molar-refractivity contribution in [2.75, 3.05) is 0 Å². The highest BCUT2D eigenvalue weighted by molar-refractivity contribution is 5.54. The minimum Gasteiger partial charge on any atom is -0.390 e. The second kappa shape index (κ2) is 4.32. The summed E-state index contributed by atoms with van der Waals surface area (Å²) >= 11 is 0. The van der Waals surface area contributed by atoms with E-state index in [-0.39, 0.29) is 18.0 Å². The van der Waals surface area contributed by atoms with Crippen molar-refractivity contribution in [1.82, 2.24) is 9.97 Å². The number of hydrogen-bond donors (Lipinski definition) is 1. The first-order valence-corrected chi connectivity index (χ1v) is 4.58. The molecule has 1 aromatic carbocycles. The first kappa shape index (κ1) is 10.6. The third-order valence-electron chi connectivity index (χ3n) is 2.00. The summed E-state index contributed by atoms with van der Waals surface area (Å²) in [5.41, 5.74) is 0.641. The largest absolute Gasteiger partial charge is 0.390 e. The Labute approximate surface area is 90.4 Å². The second-order valence-corrected chi connectivity index (χ2v) is 3.19. The number of hydrogen-bond acceptors (Lipinski definition) is 3. The fourth-order valence-electron chi connectivity index (χ4n) is 1.31. The predicted molar refractivity (Wildman–Crippen MR) is 53.3 cm³/mol. The summed E-state index contributed by atoms with van der Waals surface area (Å²) in [7, 11) is 0. The fraction of sp³-hybridized carbons (Fsp3) is 0.0909. The summed E-state index contributed by atoms with van der Waals surface area (Å²) < 4.78 is 25.9. The SMILES string of the molecule is OCc1ccnc(-c2cc(F)cc(F)c2)n1. The van der Waals surface area contributed by atoms with Gasteiger partial charge in [-0.1, -0.05) is 0 Å². The van der Waals surface area contributed by atoms with Gasteiger partial charge >= 0.3 is 0 Å². The molecule has 16 heavy (non-hydrogen) atoms. The topological polar surface area (TPSA) is 46.0 Å². The Morgan fingerprint density at radius 2 is 1.81 bits per heavy atom. The van der Waals surface area contributed by atoms with Crippen LogP contribution in [-0.4, -0.2) is 15.1 Å². The van der Waals surface area contributed by atoms with Crippen molar-refractivity contribution < 1.29 is 13.9 Å². The maximum absolute atomic E-state index is 13.0. The zero-order valence-corrected chi connectivity index (χ0v) is 8.19. The molecular weight excluding hydrogens is 214 g/mol. The molecule has 0 atom stereocenters. The monoisotopic (exact) mass is 222 g/mol. The summed E-state index contributed by atoms with van der Waals surface area (Å²) in [5, 5.41) is 8.88. The van der Waals surface area contributed by atoms with Gasteiger partial charge < -0.3 is 5.11 Å². The highest BCUT2D eigenvalue weighted by atomic mass is 19.1. The van der Waals surface area contributed by atoms with Crippen molar-refractivity contribution in [2.24, 2.45) is 0 Å². The van der Waals surface area contributed by atoms with E-state index in [9.17, 15) is 8.78 Å². The molecule has 0 amide bonds. The van der Waals surface area contributed by atoms with Gasteiger partial charge in [0.1, 0.15) is 11.6 Å². The molecule has 0 saturated heterocycles. The molecule has 0 unspecified atom stereocenters. The van der Waals surface area contributed by atoms with Gasteiger partial charge in [0.2, 0.25) is 0 Å². The molecule has 0 radical (unpaired) electrons. The molecule has 0 bridgehead atoms. The third kappa shape index (κ3) is 2.20. The molecule has 2 rings (SSSR count). The van der Waals surface area contributed by atoms with Crippen molar-refractivity contribution in [1.29, 1.82) is 0 Å². The lowest BCUT2D eigenvalue weighted by atomic mass is 10.2. The van der Waals surface area contributed by atoms with Crippen molar-refractivity contribution in [2.45, 2.75) is 6.61 Å². The maximum Gasteiger partial charge on any atom is 0.159 e. The van der Waals surface area contributed by atoms with Crippen LogP contribution in [0.15, 0.2) is 30.5 Å². The Morgan fingerprint density at radius 3 is 2.44 bits per heavy atom. The molecule has 5 heteroatoms. The van der Waals surface area contributed by atoms with E-state index in [1.807, 2.05) is 0 Å². The predicted octanol–water partition coefficient (Wildman–Crippen LogP) is 1.91. The molecule has 0 fully saturated rings. The van der Waals surface area contributed by atoms with Gasteiger partial charge in [0.25, 0.3) is 0 Å². The molecule has 2 aromatic rings. The van der Waals surface area contributed by atoms with Gasteiger partial charge in [-0.15, -0.1) is 0 Å². The number of halogens is 2. The van der Waals surface area contributed by atoms with E-state index in [1.54, 1.807) is 0 Å². The van der Waals surface area contributed by atoms with E-state index in [1.165, 1.54) is 12.3 Å². The zero-order valence-electron chi connectivity index (χ0n) is 8.19. The number of aliphatic hydroxyl groups is 1. The molecule has 1 heterocycles. The molecule has 0 spiro atoms. The fourth-order valence-corrected chi connectivity index (χ4v) is 1.31. The first-order valence-electron chi connectivity index (χ1n) is 4.58. The van der Waals surface area contributed by atoms with Crippen molar-refractivity contribution >= 4 is 0 Å². The average molecular weight is 222 g/mol. The number of nitrogens with zero attached hydrogens (tertiary/aromatic N) is 2. The van der Waals surface area contributed by atoms with Gasteiger partial charge in [-0.3, -0.25) is 0 Å². The zero-order chi connectivity index (χ0) is 11.5. The maximum atomic E-state index is 13.0. The van der Waals surface area contributed by atoms with Gasteiger partial charge in [0.15, 0.2) is 5.82 Å². The van der Waals surface area contributed by atoms with Crippen LogP contribution < -0.4 is 0 Å². The van der Waals surface area contributed by atoms with Crippen molar-refractivity contribution in [3.8, 4) is 11.4 Å². The van der Waals surface area contributed by atoms with Crippen molar-refractivity contribution in [3.05, 3.63) is 47.8 Å². The van der Waals surface area contributed by atoms with E-state index in [4.69, 9.17) is 5.11 Å². The second-order valence-electron chi connectivity index (χ2n) is 3.19. The summed E-state index contributed by atoms with van der Waals surface area (Å²) in [6, 6.07) is 4.58. The lowest BCUT2D eigenvalue weighted by Gasteiger charge is -2.02. The standard InChI is InChI=1S/C11H8F2N2O/c12-8-3-7(4-9(13)5-8)11-14-2-1-10(6-16)15-11/h1-5,16H,6H2. The Bertz CT molecular complexity index is 497. The number of aromatic nitrogens is 2. The third-order valence-corrected chi connectivity index (χ3v) is 2.00. The molecule has 3 nitrogen and oxygen atoms in total. The molecule has 0 aliphatic heterocycles. The molecular formula is C11H8F2N2O. The summed E-state index contributed by atoms with van der Waals surface area (Å²) in [6.07, 6.45) is 1.43. The highest BCUT2D eigenvalue weighted by Gasteiger charge is 2.06. The van der Waals surface area contributed by atoms with Crippen molar-refractivity contribution in [3.63, 3.8) is 0 Å². The van der Waals surface area contributed by atoms with Gasteiger partial charge in [-0.2, -0.15) is 0 Å². The van der Waals surface area contributed by atoms with Gasteiger partial charge in [-0.25, -0.2) is 18.7 Å². The Hall–Kier alpha value is -1.88. The van der Waals surface area contributed by atoms with E-state index < -0.39 is 11.6 Å². The minimum atomic E-state index is -0.687. The lowest BCUT2D eigenvalue weighted by molar-refractivity contribution is 0.277. The number of rotatable bonds is 2. The van der Waals surface area contributed by atoms with Crippen LogP contribution in [0.2, 0.25) is 0 Å². The van der Waals surface area contributed by atoms with Crippen LogP contribution in [0.4, 0.5) is 8.78 Å². The molecule has 82 valence electrons. The Balaban J connectivity index is 2.49. The molecule has 0 aliphatic carbocycles. The molecule has 1 aromatic heterocycles. The number of benzene rings is 1. The smallest absolute Gasteiger partial charge is 0.159 e. The van der Waals surface area contributed by atoms with E-state index >= 15 is 0 Å². The van der Waals surface area contributed by atoms with Crippen LogP contribution in [0.25, 0.3) is 11.4 Å². The van der Waals surface area contributed by atoms with Crippen LogP contribution in [0, 0.1) is 11.6 Å². The lowest BCUT2D eigenvalue weighted by Crippen LogP contribution is -1.95. The molecule has 1 N–H and O–H groups in total. The normalized spacial score (nSPS) is 10.4. The minimum absolute atomic E-state index is 0.185. The van der Waals surface area contributed by atoms with Crippen LogP contribution in [0.1, 0.15) is 5.69 Å². The summed E-state index contributed by atoms with van der Waals surface area (Å²) in [4.78, 5) is 7.83. The van der Waals surface area contributed by atoms with Crippen LogP contribution >= 0.6 is 0 Å². The van der Waals surface area contributed by atoms with Gasteiger partial charge in [-0.05, 0) is 18.2 Å².